The lowest BCUT2D eigenvalue weighted by molar-refractivity contribution is -0.122. The van der Waals surface area contributed by atoms with Crippen molar-refractivity contribution in [3.8, 4) is 11.4 Å². The molecule has 0 unspecified atom stereocenters. The van der Waals surface area contributed by atoms with E-state index in [-0.39, 0.29) is 24.3 Å². The van der Waals surface area contributed by atoms with Crippen molar-refractivity contribution in [1.82, 2.24) is 25.5 Å². The van der Waals surface area contributed by atoms with Gasteiger partial charge in [0.2, 0.25) is 11.7 Å². The Morgan fingerprint density at radius 3 is 2.56 bits per heavy atom. The number of aromatic nitrogens is 4. The lowest BCUT2D eigenvalue weighted by Gasteiger charge is -2.14. The maximum Gasteiger partial charge on any atom is 0.244 e. The highest BCUT2D eigenvalue weighted by Gasteiger charge is 2.12. The Bertz CT molecular complexity index is 864. The third-order valence-electron chi connectivity index (χ3n) is 3.59. The highest BCUT2D eigenvalue weighted by Crippen LogP contribution is 2.16. The first kappa shape index (κ1) is 17.2. The van der Waals surface area contributed by atoms with Gasteiger partial charge in [0, 0.05) is 10.0 Å². The van der Waals surface area contributed by atoms with Gasteiger partial charge in [0.15, 0.2) is 0 Å². The molecule has 1 heterocycles. The molecule has 8 heteroatoms. The lowest BCUT2D eigenvalue weighted by Crippen LogP contribution is -2.30. The van der Waals surface area contributed by atoms with Gasteiger partial charge in [0.05, 0.1) is 6.04 Å². The van der Waals surface area contributed by atoms with E-state index in [9.17, 15) is 9.18 Å². The zero-order valence-electron chi connectivity index (χ0n) is 13.4. The van der Waals surface area contributed by atoms with Crippen LogP contribution in [0.25, 0.3) is 11.4 Å². The first-order chi connectivity index (χ1) is 12.0. The van der Waals surface area contributed by atoms with Gasteiger partial charge in [-0.2, -0.15) is 4.80 Å². The summed E-state index contributed by atoms with van der Waals surface area (Å²) in [7, 11) is 0. The topological polar surface area (TPSA) is 72.7 Å². The number of carbonyl (C=O) groups is 1. The van der Waals surface area contributed by atoms with Crippen LogP contribution in [-0.2, 0) is 11.3 Å². The number of rotatable bonds is 5. The van der Waals surface area contributed by atoms with Crippen LogP contribution in [0.2, 0.25) is 0 Å². The Morgan fingerprint density at radius 1 is 1.20 bits per heavy atom. The first-order valence-corrected chi connectivity index (χ1v) is 8.39. The van der Waals surface area contributed by atoms with Crippen molar-refractivity contribution in [2.75, 3.05) is 0 Å². The molecule has 1 N–H and O–H groups in total. The number of benzene rings is 2. The van der Waals surface area contributed by atoms with Crippen molar-refractivity contribution in [3.63, 3.8) is 0 Å². The van der Waals surface area contributed by atoms with Crippen molar-refractivity contribution < 1.29 is 9.18 Å². The second-order valence-corrected chi connectivity index (χ2v) is 6.41. The number of hydrogen-bond acceptors (Lipinski definition) is 4. The van der Waals surface area contributed by atoms with E-state index in [0.717, 1.165) is 10.0 Å². The molecule has 0 radical (unpaired) electrons. The fourth-order valence-electron chi connectivity index (χ4n) is 2.28. The molecular formula is C17H15BrFN5O. The average molecular weight is 404 g/mol. The predicted octanol–water partition coefficient (Wildman–Crippen LogP) is 3.12. The lowest BCUT2D eigenvalue weighted by atomic mass is 10.1. The second kappa shape index (κ2) is 7.52. The van der Waals surface area contributed by atoms with E-state index in [1.807, 2.05) is 31.2 Å². The zero-order valence-corrected chi connectivity index (χ0v) is 14.9. The molecule has 128 valence electrons. The van der Waals surface area contributed by atoms with Crippen LogP contribution in [0.4, 0.5) is 4.39 Å². The monoisotopic (exact) mass is 403 g/mol. The normalized spacial score (nSPS) is 12.0. The summed E-state index contributed by atoms with van der Waals surface area (Å²) < 4.78 is 13.9. The highest BCUT2D eigenvalue weighted by molar-refractivity contribution is 9.10. The minimum Gasteiger partial charge on any atom is -0.348 e. The average Bonchev–Trinajstić information content (AvgIpc) is 3.04. The standard InChI is InChI=1S/C17H15BrFN5O/c1-11(12-2-6-14(18)7-3-12)20-16(25)10-24-22-17(21-23-24)13-4-8-15(19)9-5-13/h2-9,11H,10H2,1H3,(H,20,25)/t11-/m1/s1. The van der Waals surface area contributed by atoms with E-state index in [1.165, 1.54) is 16.9 Å². The van der Waals surface area contributed by atoms with Crippen molar-refractivity contribution in [2.45, 2.75) is 19.5 Å². The molecule has 0 saturated heterocycles. The van der Waals surface area contributed by atoms with Crippen LogP contribution in [0.5, 0.6) is 0 Å². The number of carbonyl (C=O) groups excluding carboxylic acids is 1. The highest BCUT2D eigenvalue weighted by atomic mass is 79.9. The van der Waals surface area contributed by atoms with Gasteiger partial charge in [-0.3, -0.25) is 4.79 Å². The molecule has 25 heavy (non-hydrogen) atoms. The number of nitrogens with one attached hydrogen (secondary N) is 1. The largest absolute Gasteiger partial charge is 0.348 e. The molecule has 0 aliphatic rings. The molecule has 0 bridgehead atoms. The Balaban J connectivity index is 1.61. The molecule has 1 atom stereocenters. The summed E-state index contributed by atoms with van der Waals surface area (Å²) in [5.41, 5.74) is 1.63. The van der Waals surface area contributed by atoms with E-state index < -0.39 is 0 Å². The number of amides is 1. The van der Waals surface area contributed by atoms with E-state index in [4.69, 9.17) is 0 Å². The Labute approximate surface area is 152 Å². The molecule has 0 fully saturated rings. The van der Waals surface area contributed by atoms with Gasteiger partial charge in [0.25, 0.3) is 0 Å². The molecule has 0 aliphatic carbocycles. The Kier molecular flexibility index (Phi) is 5.18. The van der Waals surface area contributed by atoms with Crippen molar-refractivity contribution in [2.24, 2.45) is 0 Å². The van der Waals surface area contributed by atoms with Crippen LogP contribution >= 0.6 is 15.9 Å². The van der Waals surface area contributed by atoms with Crippen LogP contribution in [0.15, 0.2) is 53.0 Å². The molecule has 0 spiro atoms. The van der Waals surface area contributed by atoms with E-state index in [0.29, 0.717) is 11.4 Å². The number of halogens is 2. The van der Waals surface area contributed by atoms with Crippen LogP contribution in [-0.4, -0.2) is 26.1 Å². The molecule has 0 aliphatic heterocycles. The molecule has 6 nitrogen and oxygen atoms in total. The predicted molar refractivity (Wildman–Crippen MR) is 93.9 cm³/mol. The quantitative estimate of drug-likeness (QED) is 0.710. The third kappa shape index (κ3) is 4.48. The minimum absolute atomic E-state index is 0.0466. The first-order valence-electron chi connectivity index (χ1n) is 7.60. The Hall–Kier alpha value is -2.61. The van der Waals surface area contributed by atoms with Gasteiger partial charge in [-0.1, -0.05) is 28.1 Å². The van der Waals surface area contributed by atoms with Crippen LogP contribution in [0.1, 0.15) is 18.5 Å². The molecule has 0 saturated carbocycles. The smallest absolute Gasteiger partial charge is 0.244 e. The third-order valence-corrected chi connectivity index (χ3v) is 4.12. The van der Waals surface area contributed by atoms with Gasteiger partial charge in [-0.25, -0.2) is 4.39 Å². The van der Waals surface area contributed by atoms with E-state index >= 15 is 0 Å². The van der Waals surface area contributed by atoms with Crippen LogP contribution in [0.3, 0.4) is 0 Å². The Morgan fingerprint density at radius 2 is 1.88 bits per heavy atom. The molecule has 3 aromatic rings. The van der Waals surface area contributed by atoms with Crippen molar-refractivity contribution in [3.05, 3.63) is 64.4 Å². The molecule has 1 aromatic heterocycles. The maximum absolute atomic E-state index is 12.9. The van der Waals surface area contributed by atoms with E-state index in [1.54, 1.807) is 12.1 Å². The number of hydrogen-bond donors (Lipinski definition) is 1. The van der Waals surface area contributed by atoms with Gasteiger partial charge in [0.1, 0.15) is 12.4 Å². The molecule has 3 rings (SSSR count). The fraction of sp³-hybridized carbons (Fsp3) is 0.176. The minimum atomic E-state index is -0.336. The van der Waals surface area contributed by atoms with Crippen molar-refractivity contribution >= 4 is 21.8 Å². The molecular weight excluding hydrogens is 389 g/mol. The fourth-order valence-corrected chi connectivity index (χ4v) is 2.54. The van der Waals surface area contributed by atoms with Crippen LogP contribution in [0, 0.1) is 5.82 Å². The van der Waals surface area contributed by atoms with Gasteiger partial charge >= 0.3 is 0 Å². The summed E-state index contributed by atoms with van der Waals surface area (Å²) in [4.78, 5) is 13.4. The summed E-state index contributed by atoms with van der Waals surface area (Å²) in [5, 5.41) is 14.8. The van der Waals surface area contributed by atoms with Crippen LogP contribution < -0.4 is 5.32 Å². The van der Waals surface area contributed by atoms with Crippen molar-refractivity contribution in [1.29, 1.82) is 0 Å². The summed E-state index contributed by atoms with van der Waals surface area (Å²) in [6.45, 7) is 1.86. The number of nitrogens with zero attached hydrogens (tertiary/aromatic N) is 4. The van der Waals surface area contributed by atoms with Gasteiger partial charge in [-0.05, 0) is 54.1 Å². The molecule has 1 amide bonds. The SMILES string of the molecule is C[C@@H](NC(=O)Cn1nnc(-c2ccc(F)cc2)n1)c1ccc(Br)cc1. The maximum atomic E-state index is 12.9. The summed E-state index contributed by atoms with van der Waals surface area (Å²) in [5.74, 6) is -0.218. The number of tetrazole rings is 1. The second-order valence-electron chi connectivity index (χ2n) is 5.49. The molecule has 2 aromatic carbocycles. The summed E-state index contributed by atoms with van der Waals surface area (Å²) >= 11 is 3.38. The van der Waals surface area contributed by atoms with E-state index in [2.05, 4.69) is 36.7 Å². The zero-order chi connectivity index (χ0) is 17.8. The summed E-state index contributed by atoms with van der Waals surface area (Å²) in [6, 6.07) is 13.4. The van der Waals surface area contributed by atoms with Gasteiger partial charge < -0.3 is 5.32 Å². The van der Waals surface area contributed by atoms with Gasteiger partial charge in [-0.15, -0.1) is 10.2 Å². The summed E-state index contributed by atoms with van der Waals surface area (Å²) in [6.07, 6.45) is 0.